The van der Waals surface area contributed by atoms with Crippen LogP contribution in [-0.2, 0) is 20.8 Å². The van der Waals surface area contributed by atoms with Crippen molar-refractivity contribution < 1.29 is 14.2 Å². The molecule has 0 amide bonds. The average Bonchev–Trinajstić information content (AvgIpc) is 2.51. The van der Waals surface area contributed by atoms with Crippen LogP contribution >= 0.6 is 0 Å². The van der Waals surface area contributed by atoms with Crippen molar-refractivity contribution in [2.45, 2.75) is 32.3 Å². The standard InChI is InChI=1S/C16H28N2O3Si/c1-22(2,3)11-10-20-14-21-13-15-12-16(4-5-17-15)18-6-8-19-9-7-18/h4-5,12H,6-11,13-14H2,1-3H3. The summed E-state index contributed by atoms with van der Waals surface area (Å²) in [6.07, 6.45) is 1.84. The van der Waals surface area contributed by atoms with E-state index in [1.54, 1.807) is 0 Å². The van der Waals surface area contributed by atoms with Gasteiger partial charge in [0.2, 0.25) is 0 Å². The van der Waals surface area contributed by atoms with E-state index in [4.69, 9.17) is 14.2 Å². The number of hydrogen-bond acceptors (Lipinski definition) is 5. The topological polar surface area (TPSA) is 43.8 Å². The Morgan fingerprint density at radius 1 is 1.23 bits per heavy atom. The molecule has 5 nitrogen and oxygen atoms in total. The molecule has 0 N–H and O–H groups in total. The zero-order chi connectivity index (χ0) is 15.8. The number of anilines is 1. The molecule has 0 unspecified atom stereocenters. The minimum absolute atomic E-state index is 0.341. The average molecular weight is 324 g/mol. The summed E-state index contributed by atoms with van der Waals surface area (Å²) in [4.78, 5) is 6.68. The first-order chi connectivity index (χ1) is 10.5. The van der Waals surface area contributed by atoms with Crippen LogP contribution in [0.5, 0.6) is 0 Å². The van der Waals surface area contributed by atoms with Gasteiger partial charge < -0.3 is 19.1 Å². The summed E-state index contributed by atoms with van der Waals surface area (Å²) >= 11 is 0. The van der Waals surface area contributed by atoms with E-state index in [0.29, 0.717) is 13.4 Å². The fourth-order valence-electron chi connectivity index (χ4n) is 2.21. The number of nitrogens with zero attached hydrogens (tertiary/aromatic N) is 2. The SMILES string of the molecule is C[Si](C)(C)CCOCOCc1cc(N2CCOCC2)ccn1. The van der Waals surface area contributed by atoms with E-state index in [0.717, 1.165) is 38.6 Å². The first kappa shape index (κ1) is 17.4. The smallest absolute Gasteiger partial charge is 0.147 e. The molecule has 1 saturated heterocycles. The molecule has 124 valence electrons. The first-order valence-corrected chi connectivity index (χ1v) is 11.7. The predicted octanol–water partition coefficient (Wildman–Crippen LogP) is 2.75. The van der Waals surface area contributed by atoms with Crippen LogP contribution in [0.1, 0.15) is 5.69 Å². The molecule has 1 aromatic heterocycles. The second-order valence-corrected chi connectivity index (χ2v) is 12.4. The van der Waals surface area contributed by atoms with E-state index in [9.17, 15) is 0 Å². The molecule has 0 aliphatic carbocycles. The van der Waals surface area contributed by atoms with Gasteiger partial charge in [-0.2, -0.15) is 0 Å². The van der Waals surface area contributed by atoms with Crippen LogP contribution in [0.15, 0.2) is 18.3 Å². The molecular formula is C16H28N2O3Si. The summed E-state index contributed by atoms with van der Waals surface area (Å²) in [6.45, 7) is 12.1. The molecule has 0 atom stereocenters. The third-order valence-corrected chi connectivity index (χ3v) is 5.29. The first-order valence-electron chi connectivity index (χ1n) is 7.98. The van der Waals surface area contributed by atoms with Gasteiger partial charge in [0.05, 0.1) is 25.5 Å². The number of hydrogen-bond donors (Lipinski definition) is 0. The fourth-order valence-corrected chi connectivity index (χ4v) is 2.96. The maximum absolute atomic E-state index is 5.56. The number of aromatic nitrogens is 1. The van der Waals surface area contributed by atoms with Crippen molar-refractivity contribution in [2.75, 3.05) is 44.6 Å². The van der Waals surface area contributed by atoms with Crippen molar-refractivity contribution in [3.05, 3.63) is 24.0 Å². The lowest BCUT2D eigenvalue weighted by Gasteiger charge is -2.28. The highest BCUT2D eigenvalue weighted by atomic mass is 28.3. The minimum atomic E-state index is -1.02. The van der Waals surface area contributed by atoms with Crippen LogP contribution in [0.2, 0.25) is 25.7 Å². The molecule has 6 heteroatoms. The number of ether oxygens (including phenoxy) is 3. The van der Waals surface area contributed by atoms with Gasteiger partial charge in [-0.1, -0.05) is 19.6 Å². The second-order valence-electron chi connectivity index (χ2n) is 6.79. The molecule has 0 spiro atoms. The monoisotopic (exact) mass is 324 g/mol. The Morgan fingerprint density at radius 3 is 2.73 bits per heavy atom. The third-order valence-electron chi connectivity index (χ3n) is 3.59. The Labute approximate surface area is 134 Å². The highest BCUT2D eigenvalue weighted by Gasteiger charge is 2.13. The summed E-state index contributed by atoms with van der Waals surface area (Å²) in [5.74, 6) is 0. The van der Waals surface area contributed by atoms with Gasteiger partial charge in [0.15, 0.2) is 0 Å². The quantitative estimate of drug-likeness (QED) is 0.418. The minimum Gasteiger partial charge on any atom is -0.378 e. The maximum atomic E-state index is 5.56. The summed E-state index contributed by atoms with van der Waals surface area (Å²) in [7, 11) is -1.02. The van der Waals surface area contributed by atoms with Crippen LogP contribution < -0.4 is 4.90 Å². The van der Waals surface area contributed by atoms with Crippen LogP contribution in [0, 0.1) is 0 Å². The van der Waals surface area contributed by atoms with Gasteiger partial charge in [0.25, 0.3) is 0 Å². The van der Waals surface area contributed by atoms with Crippen molar-refractivity contribution in [3.8, 4) is 0 Å². The van der Waals surface area contributed by atoms with Gasteiger partial charge in [0, 0.05) is 39.7 Å². The molecule has 0 bridgehead atoms. The van der Waals surface area contributed by atoms with E-state index in [1.165, 1.54) is 11.7 Å². The summed E-state index contributed by atoms with van der Waals surface area (Å²) in [5.41, 5.74) is 2.13. The largest absolute Gasteiger partial charge is 0.378 e. The summed E-state index contributed by atoms with van der Waals surface area (Å²) < 4.78 is 16.5. The Balaban J connectivity index is 1.69. The lowest BCUT2D eigenvalue weighted by molar-refractivity contribution is -0.0582. The Kier molecular flexibility index (Phi) is 6.82. The fraction of sp³-hybridized carbons (Fsp3) is 0.688. The summed E-state index contributed by atoms with van der Waals surface area (Å²) in [6, 6.07) is 5.30. The normalized spacial score (nSPS) is 16.0. The molecule has 0 radical (unpaired) electrons. The molecule has 1 aromatic rings. The lowest BCUT2D eigenvalue weighted by Crippen LogP contribution is -2.36. The number of pyridine rings is 1. The van der Waals surface area contributed by atoms with Crippen molar-refractivity contribution in [1.82, 2.24) is 4.98 Å². The Hall–Kier alpha value is -0.953. The van der Waals surface area contributed by atoms with E-state index >= 15 is 0 Å². The molecule has 0 saturated carbocycles. The lowest BCUT2D eigenvalue weighted by atomic mass is 10.3. The molecule has 2 heterocycles. The summed E-state index contributed by atoms with van der Waals surface area (Å²) in [5, 5.41) is 0. The molecule has 22 heavy (non-hydrogen) atoms. The molecule has 1 fully saturated rings. The highest BCUT2D eigenvalue weighted by Crippen LogP contribution is 2.16. The number of rotatable bonds is 8. The van der Waals surface area contributed by atoms with Gasteiger partial charge in [-0.25, -0.2) is 0 Å². The van der Waals surface area contributed by atoms with E-state index < -0.39 is 8.07 Å². The second kappa shape index (κ2) is 8.62. The van der Waals surface area contributed by atoms with E-state index in [2.05, 4.69) is 35.6 Å². The van der Waals surface area contributed by atoms with Crippen molar-refractivity contribution >= 4 is 13.8 Å². The Morgan fingerprint density at radius 2 is 2.00 bits per heavy atom. The zero-order valence-corrected chi connectivity index (χ0v) is 15.0. The maximum Gasteiger partial charge on any atom is 0.147 e. The van der Waals surface area contributed by atoms with Gasteiger partial charge >= 0.3 is 0 Å². The molecule has 1 aliphatic rings. The Bertz CT molecular complexity index is 445. The van der Waals surface area contributed by atoms with Crippen LogP contribution in [-0.4, -0.2) is 52.8 Å². The van der Waals surface area contributed by atoms with Gasteiger partial charge in [0.1, 0.15) is 6.79 Å². The van der Waals surface area contributed by atoms with E-state index in [1.807, 2.05) is 12.3 Å². The van der Waals surface area contributed by atoms with Crippen molar-refractivity contribution in [3.63, 3.8) is 0 Å². The van der Waals surface area contributed by atoms with Crippen LogP contribution in [0.25, 0.3) is 0 Å². The van der Waals surface area contributed by atoms with Crippen LogP contribution in [0.4, 0.5) is 5.69 Å². The molecule has 0 aromatic carbocycles. The molecule has 2 rings (SSSR count). The predicted molar refractivity (Wildman–Crippen MR) is 91.0 cm³/mol. The highest BCUT2D eigenvalue weighted by molar-refractivity contribution is 6.76. The molecule has 1 aliphatic heterocycles. The van der Waals surface area contributed by atoms with Crippen molar-refractivity contribution in [2.24, 2.45) is 0 Å². The third kappa shape index (κ3) is 6.44. The van der Waals surface area contributed by atoms with E-state index in [-0.39, 0.29) is 0 Å². The molecular weight excluding hydrogens is 296 g/mol. The van der Waals surface area contributed by atoms with Gasteiger partial charge in [-0.15, -0.1) is 0 Å². The van der Waals surface area contributed by atoms with Gasteiger partial charge in [-0.3, -0.25) is 4.98 Å². The van der Waals surface area contributed by atoms with Crippen molar-refractivity contribution in [1.29, 1.82) is 0 Å². The number of morpholine rings is 1. The van der Waals surface area contributed by atoms with Gasteiger partial charge in [-0.05, 0) is 18.2 Å². The van der Waals surface area contributed by atoms with Crippen LogP contribution in [0.3, 0.4) is 0 Å². The zero-order valence-electron chi connectivity index (χ0n) is 14.0.